The van der Waals surface area contributed by atoms with Gasteiger partial charge in [-0.25, -0.2) is 4.98 Å². The normalized spacial score (nSPS) is 10.9. The van der Waals surface area contributed by atoms with Crippen molar-refractivity contribution in [3.8, 4) is 6.07 Å². The SMILES string of the molecule is CCc1nnc(NC(=O)C(C#N)(CC)CC)nc1CC. The minimum absolute atomic E-state index is 0.172. The lowest BCUT2D eigenvalue weighted by molar-refractivity contribution is -0.123. The number of carbonyl (C=O) groups is 1. The first-order chi connectivity index (χ1) is 9.56. The fourth-order valence-electron chi connectivity index (χ4n) is 1.99. The molecule has 0 fully saturated rings. The van der Waals surface area contributed by atoms with E-state index in [0.717, 1.165) is 24.2 Å². The van der Waals surface area contributed by atoms with Gasteiger partial charge in [0.15, 0.2) is 0 Å². The van der Waals surface area contributed by atoms with Crippen molar-refractivity contribution in [3.05, 3.63) is 11.4 Å². The minimum atomic E-state index is -1.03. The number of anilines is 1. The van der Waals surface area contributed by atoms with Crippen molar-refractivity contribution in [2.24, 2.45) is 5.41 Å². The number of hydrogen-bond donors (Lipinski definition) is 1. The topological polar surface area (TPSA) is 91.6 Å². The monoisotopic (exact) mass is 275 g/mol. The lowest BCUT2D eigenvalue weighted by Gasteiger charge is -2.21. The number of amides is 1. The van der Waals surface area contributed by atoms with Gasteiger partial charge in [0.2, 0.25) is 11.9 Å². The van der Waals surface area contributed by atoms with Crippen molar-refractivity contribution < 1.29 is 4.79 Å². The maximum Gasteiger partial charge on any atom is 0.249 e. The molecule has 0 unspecified atom stereocenters. The zero-order chi connectivity index (χ0) is 15.2. The Bertz CT molecular complexity index is 517. The Labute approximate surface area is 119 Å². The molecule has 0 radical (unpaired) electrons. The number of nitrogens with one attached hydrogen (secondary N) is 1. The van der Waals surface area contributed by atoms with E-state index < -0.39 is 5.41 Å². The number of aryl methyl sites for hydroxylation is 2. The van der Waals surface area contributed by atoms with E-state index in [1.807, 2.05) is 27.7 Å². The van der Waals surface area contributed by atoms with Gasteiger partial charge in [0, 0.05) is 0 Å². The highest BCUT2D eigenvalue weighted by atomic mass is 16.2. The lowest BCUT2D eigenvalue weighted by Crippen LogP contribution is -2.34. The van der Waals surface area contributed by atoms with E-state index in [9.17, 15) is 10.1 Å². The third-order valence-electron chi connectivity index (χ3n) is 3.59. The molecule has 0 atom stereocenters. The molecule has 1 N–H and O–H groups in total. The van der Waals surface area contributed by atoms with Crippen LogP contribution in [0.5, 0.6) is 0 Å². The highest BCUT2D eigenvalue weighted by Gasteiger charge is 2.35. The molecule has 6 nitrogen and oxygen atoms in total. The molecule has 1 rings (SSSR count). The largest absolute Gasteiger partial charge is 0.292 e. The summed E-state index contributed by atoms with van der Waals surface area (Å²) < 4.78 is 0. The summed E-state index contributed by atoms with van der Waals surface area (Å²) in [6.45, 7) is 7.61. The van der Waals surface area contributed by atoms with Crippen LogP contribution < -0.4 is 5.32 Å². The van der Waals surface area contributed by atoms with Gasteiger partial charge in [-0.2, -0.15) is 5.26 Å². The first kappa shape index (κ1) is 16.0. The summed E-state index contributed by atoms with van der Waals surface area (Å²) in [5.74, 6) is -0.191. The standard InChI is InChI=1S/C14H21N5O/c1-5-10-11(6-2)18-19-13(16-10)17-12(20)14(7-3,8-4)9-15/h5-8H2,1-4H3,(H,16,17,19,20). The van der Waals surface area contributed by atoms with Crippen molar-refractivity contribution >= 4 is 11.9 Å². The van der Waals surface area contributed by atoms with Crippen LogP contribution in [0.4, 0.5) is 5.95 Å². The summed E-state index contributed by atoms with van der Waals surface area (Å²) in [4.78, 5) is 16.5. The second kappa shape index (κ2) is 6.94. The Balaban J connectivity index is 2.99. The van der Waals surface area contributed by atoms with E-state index in [4.69, 9.17) is 0 Å². The van der Waals surface area contributed by atoms with Crippen LogP contribution >= 0.6 is 0 Å². The number of nitrogens with zero attached hydrogens (tertiary/aromatic N) is 4. The van der Waals surface area contributed by atoms with E-state index in [0.29, 0.717) is 12.8 Å². The Kier molecular flexibility index (Phi) is 5.56. The molecule has 1 amide bonds. The molecule has 1 heterocycles. The molecule has 0 saturated heterocycles. The van der Waals surface area contributed by atoms with Crippen LogP contribution in [-0.4, -0.2) is 21.1 Å². The maximum atomic E-state index is 12.2. The predicted molar refractivity (Wildman–Crippen MR) is 75.8 cm³/mol. The fraction of sp³-hybridized carbons (Fsp3) is 0.643. The minimum Gasteiger partial charge on any atom is -0.292 e. The molecular formula is C14H21N5O. The van der Waals surface area contributed by atoms with Gasteiger partial charge in [0.05, 0.1) is 17.5 Å². The molecular weight excluding hydrogens is 254 g/mol. The van der Waals surface area contributed by atoms with Crippen molar-refractivity contribution in [1.29, 1.82) is 5.26 Å². The summed E-state index contributed by atoms with van der Waals surface area (Å²) in [6.07, 6.45) is 2.38. The molecule has 0 aliphatic heterocycles. The first-order valence-electron chi connectivity index (χ1n) is 7.01. The van der Waals surface area contributed by atoms with E-state index in [1.54, 1.807) is 0 Å². The highest BCUT2D eigenvalue weighted by Crippen LogP contribution is 2.26. The smallest absolute Gasteiger partial charge is 0.249 e. The highest BCUT2D eigenvalue weighted by molar-refractivity contribution is 5.95. The van der Waals surface area contributed by atoms with Gasteiger partial charge in [-0.3, -0.25) is 10.1 Å². The molecule has 1 aromatic heterocycles. The second-order valence-electron chi connectivity index (χ2n) is 4.59. The molecule has 20 heavy (non-hydrogen) atoms. The van der Waals surface area contributed by atoms with Crippen LogP contribution in [-0.2, 0) is 17.6 Å². The number of hydrogen-bond acceptors (Lipinski definition) is 5. The quantitative estimate of drug-likeness (QED) is 0.859. The third kappa shape index (κ3) is 3.10. The summed E-state index contributed by atoms with van der Waals surface area (Å²) >= 11 is 0. The summed E-state index contributed by atoms with van der Waals surface area (Å²) in [5.41, 5.74) is 0.635. The molecule has 0 bridgehead atoms. The maximum absolute atomic E-state index is 12.2. The molecule has 0 spiro atoms. The Morgan fingerprint density at radius 3 is 2.20 bits per heavy atom. The molecule has 0 saturated carbocycles. The van der Waals surface area contributed by atoms with Crippen LogP contribution in [0.15, 0.2) is 0 Å². The molecule has 0 aliphatic carbocycles. The van der Waals surface area contributed by atoms with Crippen LogP contribution in [0.2, 0.25) is 0 Å². The summed E-state index contributed by atoms with van der Waals surface area (Å²) in [7, 11) is 0. The van der Waals surface area contributed by atoms with Gasteiger partial charge in [-0.1, -0.05) is 27.7 Å². The van der Waals surface area contributed by atoms with Gasteiger partial charge < -0.3 is 0 Å². The zero-order valence-electron chi connectivity index (χ0n) is 12.5. The summed E-state index contributed by atoms with van der Waals surface area (Å²) in [5, 5.41) is 19.8. The summed E-state index contributed by atoms with van der Waals surface area (Å²) in [6, 6.07) is 2.10. The fourth-order valence-corrected chi connectivity index (χ4v) is 1.99. The van der Waals surface area contributed by atoms with Crippen molar-refractivity contribution in [2.75, 3.05) is 5.32 Å². The molecule has 0 aliphatic rings. The number of carbonyl (C=O) groups excluding carboxylic acids is 1. The Hall–Kier alpha value is -2.03. The van der Waals surface area contributed by atoms with Gasteiger partial charge >= 0.3 is 0 Å². The van der Waals surface area contributed by atoms with Crippen LogP contribution in [0.1, 0.15) is 51.9 Å². The Morgan fingerprint density at radius 1 is 1.15 bits per heavy atom. The van der Waals surface area contributed by atoms with Crippen molar-refractivity contribution in [2.45, 2.75) is 53.4 Å². The first-order valence-corrected chi connectivity index (χ1v) is 7.01. The van der Waals surface area contributed by atoms with Crippen LogP contribution in [0.3, 0.4) is 0 Å². The molecule has 108 valence electrons. The molecule has 0 aromatic carbocycles. The van der Waals surface area contributed by atoms with Gasteiger partial charge in [0.1, 0.15) is 5.41 Å². The average Bonchev–Trinajstić information content (AvgIpc) is 2.49. The van der Waals surface area contributed by atoms with Gasteiger partial charge in [-0.15, -0.1) is 10.2 Å². The van der Waals surface area contributed by atoms with Crippen LogP contribution in [0, 0.1) is 16.7 Å². The number of aromatic nitrogens is 3. The lowest BCUT2D eigenvalue weighted by atomic mass is 9.83. The number of rotatable bonds is 6. The molecule has 6 heteroatoms. The van der Waals surface area contributed by atoms with Gasteiger partial charge in [-0.05, 0) is 25.7 Å². The van der Waals surface area contributed by atoms with E-state index in [-0.39, 0.29) is 11.9 Å². The number of nitriles is 1. The predicted octanol–water partition coefficient (Wildman–Crippen LogP) is 2.26. The van der Waals surface area contributed by atoms with Crippen molar-refractivity contribution in [1.82, 2.24) is 15.2 Å². The van der Waals surface area contributed by atoms with E-state index in [2.05, 4.69) is 26.6 Å². The third-order valence-corrected chi connectivity index (χ3v) is 3.59. The van der Waals surface area contributed by atoms with Crippen LogP contribution in [0.25, 0.3) is 0 Å². The zero-order valence-corrected chi connectivity index (χ0v) is 12.5. The molecule has 1 aromatic rings. The van der Waals surface area contributed by atoms with E-state index >= 15 is 0 Å². The van der Waals surface area contributed by atoms with Crippen molar-refractivity contribution in [3.63, 3.8) is 0 Å². The second-order valence-corrected chi connectivity index (χ2v) is 4.59. The van der Waals surface area contributed by atoms with Gasteiger partial charge in [0.25, 0.3) is 0 Å². The average molecular weight is 275 g/mol. The Morgan fingerprint density at radius 2 is 1.75 bits per heavy atom. The van der Waals surface area contributed by atoms with E-state index in [1.165, 1.54) is 0 Å².